The van der Waals surface area contributed by atoms with Gasteiger partial charge in [0.2, 0.25) is 12.1 Å². The molecule has 0 atom stereocenters. The van der Waals surface area contributed by atoms with Gasteiger partial charge in [-0.15, -0.1) is 0 Å². The predicted octanol–water partition coefficient (Wildman–Crippen LogP) is 7.01. The number of nitrogens with zero attached hydrogens (tertiary/aromatic N) is 3. The molecule has 55 heavy (non-hydrogen) atoms. The van der Waals surface area contributed by atoms with Gasteiger partial charge in [-0.2, -0.15) is 4.57 Å². The second kappa shape index (κ2) is 19.9. The number of rotatable bonds is 4. The first-order chi connectivity index (χ1) is 24.9. The molecule has 0 radical (unpaired) electrons. The first-order valence-electron chi connectivity index (χ1n) is 17.6. The minimum atomic E-state index is -1.44. The van der Waals surface area contributed by atoms with E-state index < -0.39 is 20.8 Å². The van der Waals surface area contributed by atoms with Crippen molar-refractivity contribution in [1.82, 2.24) is 15.5 Å². The summed E-state index contributed by atoms with van der Waals surface area (Å²) in [6.45, 7) is 18.8. The summed E-state index contributed by atoms with van der Waals surface area (Å²) in [4.78, 5) is 25.4. The summed E-state index contributed by atoms with van der Waals surface area (Å²) in [5.74, 6) is -0.662. The third kappa shape index (κ3) is 12.8. The van der Waals surface area contributed by atoms with E-state index in [1.54, 1.807) is 6.92 Å². The Balaban J connectivity index is 0.000000316. The number of carboxylic acids is 1. The van der Waals surface area contributed by atoms with Gasteiger partial charge in [0.1, 0.15) is 5.65 Å². The molecule has 0 fully saturated rings. The van der Waals surface area contributed by atoms with Crippen LogP contribution in [0, 0.1) is 17.8 Å². The monoisotopic (exact) mass is 851 g/mol. The van der Waals surface area contributed by atoms with E-state index in [1.165, 1.54) is 49.0 Å². The molecule has 0 bridgehead atoms. The van der Waals surface area contributed by atoms with E-state index >= 15 is 0 Å². The molecule has 4 N–H and O–H groups in total. The van der Waals surface area contributed by atoms with E-state index in [-0.39, 0.29) is 34.3 Å². The van der Waals surface area contributed by atoms with Crippen molar-refractivity contribution in [1.29, 1.82) is 0 Å². The zero-order valence-electron chi connectivity index (χ0n) is 33.2. The summed E-state index contributed by atoms with van der Waals surface area (Å²) < 4.78 is 21.1. The average molecular weight is 853 g/mol. The first-order valence-corrected chi connectivity index (χ1v) is 18.6. The molecule has 0 amide bonds. The third-order valence-corrected chi connectivity index (χ3v) is 8.38. The van der Waals surface area contributed by atoms with Crippen LogP contribution in [0.5, 0.6) is 0 Å². The van der Waals surface area contributed by atoms with Gasteiger partial charge in [0.25, 0.3) is 5.97 Å². The Kier molecular flexibility index (Phi) is 16.8. The number of hydrogen-bond acceptors (Lipinski definition) is 6. The maximum atomic E-state index is 11.6. The number of aryl methyl sites for hydroxylation is 1. The van der Waals surface area contributed by atoms with E-state index in [0.29, 0.717) is 12.0 Å². The number of carbonyl (C=O) groups is 2. The molecule has 4 aromatic carbocycles. The maximum absolute atomic E-state index is 11.6. The molecule has 0 aliphatic carbocycles. The van der Waals surface area contributed by atoms with Crippen LogP contribution < -0.4 is 27.7 Å². The van der Waals surface area contributed by atoms with Crippen LogP contribution in [0.25, 0.3) is 49.0 Å². The van der Waals surface area contributed by atoms with Gasteiger partial charge < -0.3 is 28.2 Å². The molecule has 0 unspecified atom stereocenters. The Morgan fingerprint density at radius 2 is 1.24 bits per heavy atom. The number of ketones is 1. The summed E-state index contributed by atoms with van der Waals surface area (Å²) >= 11 is -1.44. The van der Waals surface area contributed by atoms with Crippen molar-refractivity contribution in [2.75, 3.05) is 0 Å². The number of imidazole rings is 1. The number of hydrogen-bond donors (Lipinski definition) is 2. The SMILES string of the molecule is CC(=O)C[n+]1cc2ccccc2c2cc(CC(C)(C)C)ccc21.CC(=O)O.Cc1cn2c3ccc(CC(C)(C)C)cc3c3ccccc3c2n1.N.[Br-].[O]=[Mn]=[O]. The number of Topliss-reactive ketones (excluding diaryl/α,β-unsaturated/α-hetero) is 1. The topological polar surface area (TPSA) is 145 Å². The van der Waals surface area contributed by atoms with Crippen LogP contribution in [0.15, 0.2) is 97.3 Å². The standard InChI is InChI=1S/C21H22N2.C21H24NO.C2H4O2.BrH.Mn.H3N.2O/c1-14-13-23-19-10-9-15(12-21(2,3)4)11-18(19)16-7-5-6-8-17(16)20(23)22-14;1-15(23)13-22-14-17-7-5-6-8-18(17)19-11-16(9-10-20(19)22)12-21(2,3)4;1-2(3)4;;;;;/h5-11,13H,12H2,1-4H3;5-11,14H,12-13H2,1-4H3;1H3,(H,3,4);1H;;1H3;;/q;+1;;;;;;/p-1. The van der Waals surface area contributed by atoms with Gasteiger partial charge in [-0.1, -0.05) is 96.1 Å². The number of fused-ring (bicyclic) bond motifs is 9. The Labute approximate surface area is 340 Å². The van der Waals surface area contributed by atoms with Crippen LogP contribution in [-0.2, 0) is 51.5 Å². The van der Waals surface area contributed by atoms with Gasteiger partial charge in [-0.05, 0) is 71.4 Å². The molecule has 3 aromatic heterocycles. The fraction of sp³-hybridized carbons (Fsp3) is 0.318. The van der Waals surface area contributed by atoms with E-state index in [1.807, 2.05) is 6.07 Å². The van der Waals surface area contributed by atoms with Gasteiger partial charge in [-0.3, -0.25) is 14.0 Å². The van der Waals surface area contributed by atoms with Crippen molar-refractivity contribution < 1.29 is 58.7 Å². The van der Waals surface area contributed by atoms with Crippen LogP contribution in [0.4, 0.5) is 0 Å². The average Bonchev–Trinajstić information content (AvgIpc) is 3.45. The Bertz CT molecular complexity index is 2470. The van der Waals surface area contributed by atoms with Gasteiger partial charge in [-0.25, -0.2) is 4.98 Å². The quantitative estimate of drug-likeness (QED) is 0.110. The Morgan fingerprint density at radius 3 is 1.78 bits per heavy atom. The molecule has 0 saturated heterocycles. The van der Waals surface area contributed by atoms with Gasteiger partial charge in [0, 0.05) is 47.7 Å². The molecule has 293 valence electrons. The molecular weight excluding hydrogens is 799 g/mol. The van der Waals surface area contributed by atoms with Crippen molar-refractivity contribution in [3.8, 4) is 0 Å². The number of carbonyl (C=O) groups excluding carboxylic acids is 1. The molecular formula is C44H53BrMnN4O5. The number of aliphatic carboxylic acids is 1. The Morgan fingerprint density at radius 1 is 0.745 bits per heavy atom. The van der Waals surface area contributed by atoms with Crippen molar-refractivity contribution in [2.24, 2.45) is 10.8 Å². The third-order valence-electron chi connectivity index (χ3n) is 8.38. The van der Waals surface area contributed by atoms with Gasteiger partial charge in [0.15, 0.2) is 12.0 Å². The van der Waals surface area contributed by atoms with E-state index in [2.05, 4.69) is 149 Å². The molecule has 7 aromatic rings. The first kappa shape index (κ1) is 46.6. The fourth-order valence-electron chi connectivity index (χ4n) is 6.75. The van der Waals surface area contributed by atoms with E-state index in [0.717, 1.165) is 36.6 Å². The van der Waals surface area contributed by atoms with E-state index in [9.17, 15) is 4.79 Å². The number of halogens is 1. The summed E-state index contributed by atoms with van der Waals surface area (Å²) in [5, 5.41) is 14.9. The molecule has 3 heterocycles. The molecule has 0 aliphatic heterocycles. The van der Waals surface area contributed by atoms with Crippen LogP contribution in [0.1, 0.15) is 72.2 Å². The van der Waals surface area contributed by atoms with Crippen molar-refractivity contribution in [2.45, 2.75) is 81.7 Å². The summed E-state index contributed by atoms with van der Waals surface area (Å²) in [5.41, 5.74) is 7.75. The summed E-state index contributed by atoms with van der Waals surface area (Å²) in [6.07, 6.45) is 6.34. The normalized spacial score (nSPS) is 10.9. The number of benzene rings is 4. The van der Waals surface area contributed by atoms with E-state index in [4.69, 9.17) is 22.6 Å². The molecule has 0 spiro atoms. The van der Waals surface area contributed by atoms with Crippen LogP contribution in [-0.4, -0.2) is 26.2 Å². The van der Waals surface area contributed by atoms with Crippen LogP contribution in [0.2, 0.25) is 0 Å². The zero-order chi connectivity index (χ0) is 39.1. The minimum absolute atomic E-state index is 0. The number of aromatic nitrogens is 3. The zero-order valence-corrected chi connectivity index (χ0v) is 36.0. The van der Waals surface area contributed by atoms with Crippen molar-refractivity contribution in [3.63, 3.8) is 0 Å². The van der Waals surface area contributed by atoms with Crippen LogP contribution in [0.3, 0.4) is 0 Å². The van der Waals surface area contributed by atoms with Crippen molar-refractivity contribution in [3.05, 3.63) is 114 Å². The summed E-state index contributed by atoms with van der Waals surface area (Å²) in [6, 6.07) is 30.5. The van der Waals surface area contributed by atoms with Crippen LogP contribution >= 0.6 is 0 Å². The molecule has 0 aliphatic rings. The second-order valence-corrected chi connectivity index (χ2v) is 16.1. The van der Waals surface area contributed by atoms with Gasteiger partial charge >= 0.3 is 22.5 Å². The predicted molar refractivity (Wildman–Crippen MR) is 213 cm³/mol. The molecule has 11 heteroatoms. The molecule has 0 saturated carbocycles. The molecule has 7 rings (SSSR count). The molecule has 9 nitrogen and oxygen atoms in total. The number of pyridine rings is 2. The van der Waals surface area contributed by atoms with Gasteiger partial charge in [0.05, 0.1) is 16.6 Å². The fourth-order valence-corrected chi connectivity index (χ4v) is 6.75. The summed E-state index contributed by atoms with van der Waals surface area (Å²) in [7, 11) is 0. The number of carboxylic acid groups (broad SMARTS) is 1. The Hall–Kier alpha value is -4.54. The van der Waals surface area contributed by atoms with Crippen molar-refractivity contribution >= 4 is 60.8 Å². The second-order valence-electron chi connectivity index (χ2n) is 15.9.